The van der Waals surface area contributed by atoms with Gasteiger partial charge in [0.25, 0.3) is 6.29 Å². The summed E-state index contributed by atoms with van der Waals surface area (Å²) in [5.74, 6) is -2.02. The molecule has 0 rings (SSSR count). The van der Waals surface area contributed by atoms with Gasteiger partial charge in [-0.25, -0.2) is 4.79 Å². The Morgan fingerprint density at radius 2 is 1.15 bits per heavy atom. The van der Waals surface area contributed by atoms with E-state index in [2.05, 4.69) is 26.0 Å². The van der Waals surface area contributed by atoms with E-state index in [1.807, 2.05) is 21.1 Å². The first-order valence-electron chi connectivity index (χ1n) is 18.4. The molecule has 0 radical (unpaired) electrons. The van der Waals surface area contributed by atoms with E-state index in [9.17, 15) is 19.5 Å². The van der Waals surface area contributed by atoms with Crippen molar-refractivity contribution < 1.29 is 42.9 Å². The highest BCUT2D eigenvalue weighted by Gasteiger charge is 2.25. The smallest absolute Gasteiger partial charge is 0.361 e. The van der Waals surface area contributed by atoms with Gasteiger partial charge in [-0.05, 0) is 32.1 Å². The average molecular weight is 657 g/mol. The van der Waals surface area contributed by atoms with E-state index in [-0.39, 0.29) is 32.2 Å². The first-order valence-corrected chi connectivity index (χ1v) is 18.4. The van der Waals surface area contributed by atoms with Crippen LogP contribution >= 0.6 is 0 Å². The van der Waals surface area contributed by atoms with E-state index in [0.29, 0.717) is 23.9 Å². The summed E-state index contributed by atoms with van der Waals surface area (Å²) in [5.41, 5.74) is 0. The molecule has 0 aromatic carbocycles. The van der Waals surface area contributed by atoms with Crippen molar-refractivity contribution >= 4 is 17.9 Å². The molecule has 0 spiro atoms. The molecule has 0 bridgehead atoms. The van der Waals surface area contributed by atoms with E-state index < -0.39 is 24.3 Å². The van der Waals surface area contributed by atoms with Crippen molar-refractivity contribution in [2.75, 3.05) is 47.5 Å². The molecule has 0 amide bonds. The number of carboxylic acid groups (broad SMARTS) is 1. The SMILES string of the molecule is CCC/C=C\CCCCCCCC(=O)OC(COC(=O)CCCCCCCCCCCCC)COC(OCC[N+](C)(C)C)C(=O)O. The van der Waals surface area contributed by atoms with E-state index in [1.54, 1.807) is 0 Å². The van der Waals surface area contributed by atoms with Crippen molar-refractivity contribution in [1.82, 2.24) is 0 Å². The number of likely N-dealkylation sites (N-methyl/N-ethyl adjacent to an activating group) is 1. The topological polar surface area (TPSA) is 108 Å². The highest BCUT2D eigenvalue weighted by atomic mass is 16.7. The Labute approximate surface area is 281 Å². The van der Waals surface area contributed by atoms with E-state index in [1.165, 1.54) is 57.8 Å². The standard InChI is InChI=1S/C37H69NO8/c1-6-8-10-12-14-16-18-20-21-23-25-27-34(39)44-31-33(32-45-37(36(41)42)43-30-29-38(3,4)5)46-35(40)28-26-24-22-19-17-15-13-11-9-7-2/h11,13,33,37H,6-10,12,14-32H2,1-5H3/p+1/b13-11-. The molecule has 0 aromatic heterocycles. The lowest BCUT2D eigenvalue weighted by atomic mass is 10.1. The fourth-order valence-corrected chi connectivity index (χ4v) is 4.84. The van der Waals surface area contributed by atoms with E-state index in [4.69, 9.17) is 18.9 Å². The van der Waals surface area contributed by atoms with Gasteiger partial charge in [-0.2, -0.15) is 0 Å². The highest BCUT2D eigenvalue weighted by Crippen LogP contribution is 2.13. The monoisotopic (exact) mass is 657 g/mol. The predicted molar refractivity (Wildman–Crippen MR) is 185 cm³/mol. The van der Waals surface area contributed by atoms with Crippen LogP contribution in [0, 0.1) is 0 Å². The minimum Gasteiger partial charge on any atom is -0.477 e. The van der Waals surface area contributed by atoms with Crippen molar-refractivity contribution in [3.05, 3.63) is 12.2 Å². The number of aliphatic carboxylic acids is 1. The maximum absolute atomic E-state index is 12.6. The van der Waals surface area contributed by atoms with Crippen LogP contribution in [0.25, 0.3) is 0 Å². The Kier molecular flexibility index (Phi) is 29.1. The van der Waals surface area contributed by atoms with Gasteiger partial charge in [0, 0.05) is 12.8 Å². The molecular formula is C37H70NO8+. The Hall–Kier alpha value is -1.97. The van der Waals surface area contributed by atoms with E-state index >= 15 is 0 Å². The second-order valence-electron chi connectivity index (χ2n) is 13.5. The van der Waals surface area contributed by atoms with Crippen LogP contribution in [-0.2, 0) is 33.3 Å². The summed E-state index contributed by atoms with van der Waals surface area (Å²) in [7, 11) is 5.94. The van der Waals surface area contributed by atoms with Crippen molar-refractivity contribution in [1.29, 1.82) is 0 Å². The van der Waals surface area contributed by atoms with Gasteiger partial charge in [0.1, 0.15) is 13.2 Å². The summed E-state index contributed by atoms with van der Waals surface area (Å²) in [5, 5.41) is 9.55. The number of nitrogens with zero attached hydrogens (tertiary/aromatic N) is 1. The molecule has 0 saturated carbocycles. The number of hydrogen-bond acceptors (Lipinski definition) is 7. The number of carboxylic acids is 1. The number of rotatable bonds is 33. The van der Waals surface area contributed by atoms with Crippen LogP contribution in [-0.4, -0.2) is 87.4 Å². The maximum Gasteiger partial charge on any atom is 0.361 e. The number of carbonyl (C=O) groups excluding carboxylic acids is 2. The Morgan fingerprint density at radius 1 is 0.630 bits per heavy atom. The fourth-order valence-electron chi connectivity index (χ4n) is 4.84. The van der Waals surface area contributed by atoms with Crippen molar-refractivity contribution in [2.24, 2.45) is 0 Å². The molecule has 1 N–H and O–H groups in total. The lowest BCUT2D eigenvalue weighted by molar-refractivity contribution is -0.870. The van der Waals surface area contributed by atoms with Crippen molar-refractivity contribution in [3.8, 4) is 0 Å². The normalized spacial score (nSPS) is 13.2. The van der Waals surface area contributed by atoms with E-state index in [0.717, 1.165) is 57.8 Å². The number of unbranched alkanes of at least 4 members (excludes halogenated alkanes) is 16. The lowest BCUT2D eigenvalue weighted by Crippen LogP contribution is -2.40. The molecule has 2 unspecified atom stereocenters. The number of allylic oxidation sites excluding steroid dienone is 2. The van der Waals surface area contributed by atoms with Crippen LogP contribution < -0.4 is 0 Å². The van der Waals surface area contributed by atoms with Crippen molar-refractivity contribution in [3.63, 3.8) is 0 Å². The van der Waals surface area contributed by atoms with Gasteiger partial charge < -0.3 is 28.5 Å². The summed E-state index contributed by atoms with van der Waals surface area (Å²) >= 11 is 0. The molecule has 0 heterocycles. The minimum absolute atomic E-state index is 0.181. The van der Waals surface area contributed by atoms with Crippen molar-refractivity contribution in [2.45, 2.75) is 161 Å². The molecule has 46 heavy (non-hydrogen) atoms. The minimum atomic E-state index is -1.50. The average Bonchev–Trinajstić information content (AvgIpc) is 3.00. The second kappa shape index (κ2) is 30.4. The molecule has 0 aliphatic carbocycles. The van der Waals surface area contributed by atoms with Crippen LogP contribution in [0.3, 0.4) is 0 Å². The second-order valence-corrected chi connectivity index (χ2v) is 13.5. The predicted octanol–water partition coefficient (Wildman–Crippen LogP) is 8.38. The van der Waals surface area contributed by atoms with Crippen LogP contribution in [0.5, 0.6) is 0 Å². The molecule has 0 aliphatic rings. The molecular weight excluding hydrogens is 586 g/mol. The molecule has 0 aromatic rings. The van der Waals surface area contributed by atoms with Gasteiger partial charge >= 0.3 is 17.9 Å². The Bertz CT molecular complexity index is 780. The zero-order chi connectivity index (χ0) is 34.3. The molecule has 9 heteroatoms. The van der Waals surface area contributed by atoms with Gasteiger partial charge in [-0.3, -0.25) is 9.59 Å². The summed E-state index contributed by atoms with van der Waals surface area (Å²) in [6.45, 7) is 4.77. The lowest BCUT2D eigenvalue weighted by Gasteiger charge is -2.25. The van der Waals surface area contributed by atoms with Gasteiger partial charge in [-0.1, -0.05) is 116 Å². The summed E-state index contributed by atoms with van der Waals surface area (Å²) in [6.07, 6.45) is 24.2. The zero-order valence-corrected chi connectivity index (χ0v) is 30.2. The Morgan fingerprint density at radius 3 is 1.70 bits per heavy atom. The number of hydrogen-bond donors (Lipinski definition) is 1. The van der Waals surface area contributed by atoms with Crippen LogP contribution in [0.4, 0.5) is 0 Å². The summed E-state index contributed by atoms with van der Waals surface area (Å²) < 4.78 is 22.5. The highest BCUT2D eigenvalue weighted by molar-refractivity contribution is 5.71. The summed E-state index contributed by atoms with van der Waals surface area (Å²) in [4.78, 5) is 36.7. The first-order chi connectivity index (χ1) is 22.1. The largest absolute Gasteiger partial charge is 0.477 e. The third kappa shape index (κ3) is 30.7. The number of carbonyl (C=O) groups is 3. The molecule has 0 aliphatic heterocycles. The van der Waals surface area contributed by atoms with Gasteiger partial charge in [0.15, 0.2) is 6.10 Å². The quantitative estimate of drug-likeness (QED) is 0.0247. The van der Waals surface area contributed by atoms with Crippen LogP contribution in [0.2, 0.25) is 0 Å². The molecule has 2 atom stereocenters. The number of esters is 2. The van der Waals surface area contributed by atoms with Gasteiger partial charge in [0.2, 0.25) is 0 Å². The zero-order valence-electron chi connectivity index (χ0n) is 30.2. The first kappa shape index (κ1) is 44.0. The molecule has 270 valence electrons. The molecule has 0 saturated heterocycles. The molecule has 9 nitrogen and oxygen atoms in total. The number of ether oxygens (including phenoxy) is 4. The maximum atomic E-state index is 12.6. The molecule has 0 fully saturated rings. The van der Waals surface area contributed by atoms with Crippen LogP contribution in [0.15, 0.2) is 12.2 Å². The van der Waals surface area contributed by atoms with Gasteiger partial charge in [0.05, 0.1) is 34.4 Å². The summed E-state index contributed by atoms with van der Waals surface area (Å²) in [6, 6.07) is 0. The Balaban J connectivity index is 4.57. The third-order valence-electron chi connectivity index (χ3n) is 7.75. The van der Waals surface area contributed by atoms with Crippen LogP contribution in [0.1, 0.15) is 149 Å². The third-order valence-corrected chi connectivity index (χ3v) is 7.75. The number of quaternary nitrogens is 1. The fraction of sp³-hybridized carbons (Fsp3) is 0.865. The van der Waals surface area contributed by atoms with Gasteiger partial charge in [-0.15, -0.1) is 0 Å².